The van der Waals surface area contributed by atoms with E-state index >= 15 is 0 Å². The molecule has 8 heteroatoms. The van der Waals surface area contributed by atoms with Crippen molar-refractivity contribution in [1.82, 2.24) is 4.72 Å². The van der Waals surface area contributed by atoms with Crippen LogP contribution in [0.5, 0.6) is 0 Å². The third-order valence-corrected chi connectivity index (χ3v) is 3.65. The van der Waals surface area contributed by atoms with Gasteiger partial charge >= 0.3 is 15.5 Å². The van der Waals surface area contributed by atoms with E-state index in [1.165, 1.54) is 0 Å². The van der Waals surface area contributed by atoms with Gasteiger partial charge < -0.3 is 5.73 Å². The summed E-state index contributed by atoms with van der Waals surface area (Å²) in [7, 11) is -5.26. The fraction of sp³-hybridized carbons (Fsp3) is 1.00. The highest BCUT2D eigenvalue weighted by Gasteiger charge is 2.47. The van der Waals surface area contributed by atoms with Crippen LogP contribution >= 0.6 is 0 Å². The summed E-state index contributed by atoms with van der Waals surface area (Å²) in [6, 6.07) is -1.33. The van der Waals surface area contributed by atoms with Crippen molar-refractivity contribution < 1.29 is 21.6 Å². The van der Waals surface area contributed by atoms with Crippen LogP contribution in [0, 0.1) is 0 Å². The molecule has 1 saturated carbocycles. The van der Waals surface area contributed by atoms with Crippen molar-refractivity contribution in [2.75, 3.05) is 0 Å². The van der Waals surface area contributed by atoms with E-state index in [0.717, 1.165) is 6.42 Å². The van der Waals surface area contributed by atoms with E-state index in [4.69, 9.17) is 5.73 Å². The molecule has 1 fully saturated rings. The number of nitrogens with one attached hydrogen (secondary N) is 1. The predicted octanol–water partition coefficient (Wildman–Crippen LogP) is 0.696. The van der Waals surface area contributed by atoms with E-state index in [-0.39, 0.29) is 0 Å². The second-order valence-electron chi connectivity index (χ2n) is 3.62. The molecule has 0 aliphatic heterocycles. The molecule has 1 aliphatic carbocycles. The summed E-state index contributed by atoms with van der Waals surface area (Å²) in [6.45, 7) is 0. The zero-order chi connectivity index (χ0) is 11.7. The molecule has 0 amide bonds. The summed E-state index contributed by atoms with van der Waals surface area (Å²) in [5.74, 6) is 0. The van der Waals surface area contributed by atoms with Crippen LogP contribution in [-0.2, 0) is 10.0 Å². The van der Waals surface area contributed by atoms with E-state index in [0.29, 0.717) is 19.3 Å². The van der Waals surface area contributed by atoms with Gasteiger partial charge in [0, 0.05) is 12.1 Å². The fourth-order valence-electron chi connectivity index (χ4n) is 1.57. The molecule has 0 radical (unpaired) electrons. The van der Waals surface area contributed by atoms with E-state index in [1.807, 2.05) is 0 Å². The van der Waals surface area contributed by atoms with Gasteiger partial charge in [-0.25, -0.2) is 13.1 Å². The molecule has 0 aromatic carbocycles. The molecule has 0 bridgehead atoms. The molecule has 90 valence electrons. The second-order valence-corrected chi connectivity index (χ2v) is 5.33. The van der Waals surface area contributed by atoms with Crippen LogP contribution in [0.4, 0.5) is 13.2 Å². The molecule has 2 atom stereocenters. The van der Waals surface area contributed by atoms with Gasteiger partial charge in [0.1, 0.15) is 0 Å². The molecule has 0 heterocycles. The largest absolute Gasteiger partial charge is 0.511 e. The van der Waals surface area contributed by atoms with Crippen LogP contribution < -0.4 is 10.5 Å². The van der Waals surface area contributed by atoms with Crippen molar-refractivity contribution in [3.05, 3.63) is 0 Å². The average molecular weight is 246 g/mol. The lowest BCUT2D eigenvalue weighted by atomic mass is 9.92. The standard InChI is InChI=1S/C7H13F3N2O2S/c8-7(9,10)15(13,14)12-6-4-2-1-3-5(6)11/h5-6,12H,1-4,11H2/t5-,6-/m0/s1. The first-order valence-electron chi connectivity index (χ1n) is 4.58. The minimum absolute atomic E-state index is 0.358. The lowest BCUT2D eigenvalue weighted by molar-refractivity contribution is -0.0452. The maximum Gasteiger partial charge on any atom is 0.511 e. The van der Waals surface area contributed by atoms with Gasteiger partial charge in [-0.15, -0.1) is 0 Å². The van der Waals surface area contributed by atoms with Crippen LogP contribution in [0.2, 0.25) is 0 Å². The average Bonchev–Trinajstić information content (AvgIpc) is 2.06. The second kappa shape index (κ2) is 4.26. The van der Waals surface area contributed by atoms with Crippen molar-refractivity contribution in [2.24, 2.45) is 5.73 Å². The van der Waals surface area contributed by atoms with Gasteiger partial charge in [-0.3, -0.25) is 0 Å². The smallest absolute Gasteiger partial charge is 0.326 e. The highest BCUT2D eigenvalue weighted by molar-refractivity contribution is 7.90. The Balaban J connectivity index is 2.69. The van der Waals surface area contributed by atoms with E-state index in [9.17, 15) is 21.6 Å². The lowest BCUT2D eigenvalue weighted by Crippen LogP contribution is -2.52. The van der Waals surface area contributed by atoms with Crippen molar-refractivity contribution >= 4 is 10.0 Å². The minimum Gasteiger partial charge on any atom is -0.326 e. The summed E-state index contributed by atoms with van der Waals surface area (Å²) >= 11 is 0. The lowest BCUT2D eigenvalue weighted by Gasteiger charge is -2.29. The number of hydrogen-bond acceptors (Lipinski definition) is 3. The molecule has 1 aliphatic rings. The molecule has 1 rings (SSSR count). The summed E-state index contributed by atoms with van der Waals surface area (Å²) in [5.41, 5.74) is 0.275. The Morgan fingerprint density at radius 1 is 1.20 bits per heavy atom. The number of halogens is 3. The molecular formula is C7H13F3N2O2S. The first-order chi connectivity index (χ1) is 6.74. The monoisotopic (exact) mass is 246 g/mol. The SMILES string of the molecule is N[C@H]1CCCC[C@@H]1NS(=O)(=O)C(F)(F)F. The van der Waals surface area contributed by atoms with Crippen molar-refractivity contribution in [2.45, 2.75) is 43.3 Å². The fourth-order valence-corrected chi connectivity index (χ4v) is 2.40. The maximum absolute atomic E-state index is 12.0. The minimum atomic E-state index is -5.26. The number of hydrogen-bond donors (Lipinski definition) is 2. The van der Waals surface area contributed by atoms with E-state index in [2.05, 4.69) is 0 Å². The van der Waals surface area contributed by atoms with Gasteiger partial charge in [-0.1, -0.05) is 12.8 Å². The van der Waals surface area contributed by atoms with Crippen LogP contribution in [0.15, 0.2) is 0 Å². The summed E-state index contributed by atoms with van der Waals surface area (Å²) in [6.07, 6.45) is 2.42. The van der Waals surface area contributed by atoms with Gasteiger partial charge in [0.05, 0.1) is 0 Å². The molecule has 0 spiro atoms. The first kappa shape index (κ1) is 12.7. The Labute approximate surface area is 86.1 Å². The third-order valence-electron chi connectivity index (χ3n) is 2.43. The zero-order valence-electron chi connectivity index (χ0n) is 7.92. The highest BCUT2D eigenvalue weighted by Crippen LogP contribution is 2.25. The van der Waals surface area contributed by atoms with Crippen LogP contribution in [0.25, 0.3) is 0 Å². The number of alkyl halides is 3. The summed E-state index contributed by atoms with van der Waals surface area (Å²) < 4.78 is 59.2. The molecule has 4 nitrogen and oxygen atoms in total. The Morgan fingerprint density at radius 2 is 1.73 bits per heavy atom. The Morgan fingerprint density at radius 3 is 2.20 bits per heavy atom. The molecular weight excluding hydrogens is 233 g/mol. The molecule has 0 saturated heterocycles. The molecule has 0 unspecified atom stereocenters. The maximum atomic E-state index is 12.0. The van der Waals surface area contributed by atoms with Crippen molar-refractivity contribution in [3.63, 3.8) is 0 Å². The highest BCUT2D eigenvalue weighted by atomic mass is 32.2. The van der Waals surface area contributed by atoms with Crippen LogP contribution in [0.1, 0.15) is 25.7 Å². The molecule has 0 aromatic heterocycles. The molecule has 0 aromatic rings. The van der Waals surface area contributed by atoms with Gasteiger partial charge in [0.25, 0.3) is 0 Å². The van der Waals surface area contributed by atoms with Crippen LogP contribution in [-0.4, -0.2) is 26.0 Å². The van der Waals surface area contributed by atoms with Gasteiger partial charge in [-0.05, 0) is 12.8 Å². The number of rotatable bonds is 2. The van der Waals surface area contributed by atoms with Gasteiger partial charge in [0.2, 0.25) is 0 Å². The Kier molecular flexibility index (Phi) is 3.62. The number of nitrogens with two attached hydrogens (primary N) is 1. The molecule has 15 heavy (non-hydrogen) atoms. The first-order valence-corrected chi connectivity index (χ1v) is 6.06. The van der Waals surface area contributed by atoms with E-state index < -0.39 is 27.6 Å². The zero-order valence-corrected chi connectivity index (χ0v) is 8.74. The Bertz CT molecular complexity index is 315. The number of sulfonamides is 1. The quantitative estimate of drug-likeness (QED) is 0.753. The normalized spacial score (nSPS) is 29.1. The predicted molar refractivity (Wildman–Crippen MR) is 48.3 cm³/mol. The van der Waals surface area contributed by atoms with E-state index in [1.54, 1.807) is 4.72 Å². The van der Waals surface area contributed by atoms with Gasteiger partial charge in [-0.2, -0.15) is 13.2 Å². The third kappa shape index (κ3) is 3.05. The van der Waals surface area contributed by atoms with Crippen molar-refractivity contribution in [1.29, 1.82) is 0 Å². The molecule has 3 N–H and O–H groups in total. The summed E-state index contributed by atoms with van der Waals surface area (Å²) in [4.78, 5) is 0. The summed E-state index contributed by atoms with van der Waals surface area (Å²) in [5, 5.41) is 0. The topological polar surface area (TPSA) is 72.2 Å². The van der Waals surface area contributed by atoms with Crippen LogP contribution in [0.3, 0.4) is 0 Å². The van der Waals surface area contributed by atoms with Gasteiger partial charge in [0.15, 0.2) is 0 Å². The Hall–Kier alpha value is -0.340. The van der Waals surface area contributed by atoms with Crippen molar-refractivity contribution in [3.8, 4) is 0 Å².